The third-order valence-corrected chi connectivity index (χ3v) is 8.48. The predicted octanol–water partition coefficient (Wildman–Crippen LogP) is 2.87. The number of carbonyl (C=O) groups excluding carboxylic acids is 1. The van der Waals surface area contributed by atoms with Crippen LogP contribution in [0.5, 0.6) is 0 Å². The van der Waals surface area contributed by atoms with E-state index in [1.165, 1.54) is 26.6 Å². The molecule has 0 bridgehead atoms. The minimum Gasteiger partial charge on any atom is -0.336 e. The quantitative estimate of drug-likeness (QED) is 0.652. The zero-order chi connectivity index (χ0) is 22.2. The van der Waals surface area contributed by atoms with Gasteiger partial charge in [-0.15, -0.1) is 11.3 Å². The van der Waals surface area contributed by atoms with Gasteiger partial charge < -0.3 is 9.88 Å². The first kappa shape index (κ1) is 21.5. The Hall–Kier alpha value is -2.75. The number of piperazine rings is 1. The summed E-state index contributed by atoms with van der Waals surface area (Å²) in [7, 11) is -3.59. The van der Waals surface area contributed by atoms with Crippen molar-refractivity contribution in [1.82, 2.24) is 14.2 Å². The van der Waals surface area contributed by atoms with Crippen LogP contribution in [0.2, 0.25) is 0 Å². The van der Waals surface area contributed by atoms with Crippen molar-refractivity contribution < 1.29 is 13.2 Å². The van der Waals surface area contributed by atoms with Crippen LogP contribution in [0.25, 0.3) is 11.3 Å². The number of thiophene rings is 1. The number of nitrogens with one attached hydrogen (secondary N) is 1. The van der Waals surface area contributed by atoms with Crippen LogP contribution in [-0.2, 0) is 10.0 Å². The van der Waals surface area contributed by atoms with Gasteiger partial charge in [-0.2, -0.15) is 4.31 Å². The molecule has 9 heteroatoms. The van der Waals surface area contributed by atoms with Crippen LogP contribution in [0, 0.1) is 13.8 Å². The maximum Gasteiger partial charge on any atom is 0.261 e. The molecule has 3 heterocycles. The highest BCUT2D eigenvalue weighted by Gasteiger charge is 2.32. The van der Waals surface area contributed by atoms with Gasteiger partial charge in [0.25, 0.3) is 11.5 Å². The van der Waals surface area contributed by atoms with E-state index in [-0.39, 0.29) is 37.6 Å². The number of H-pyrrole nitrogens is 1. The zero-order valence-corrected chi connectivity index (χ0v) is 18.9. The van der Waals surface area contributed by atoms with E-state index in [9.17, 15) is 18.0 Å². The number of amides is 1. The lowest BCUT2D eigenvalue weighted by Gasteiger charge is -2.33. The maximum absolute atomic E-state index is 13.0. The lowest BCUT2D eigenvalue weighted by Crippen LogP contribution is -2.51. The molecule has 3 aromatic rings. The van der Waals surface area contributed by atoms with E-state index in [1.807, 2.05) is 37.3 Å². The van der Waals surface area contributed by atoms with Crippen molar-refractivity contribution >= 4 is 27.3 Å². The first-order chi connectivity index (χ1) is 14.8. The number of aryl methyl sites for hydroxylation is 2. The molecule has 0 aliphatic carbocycles. The monoisotopic (exact) mass is 457 g/mol. The van der Waals surface area contributed by atoms with E-state index in [0.717, 1.165) is 15.3 Å². The highest BCUT2D eigenvalue weighted by molar-refractivity contribution is 7.89. The van der Waals surface area contributed by atoms with Crippen LogP contribution in [0.15, 0.2) is 58.2 Å². The molecule has 31 heavy (non-hydrogen) atoms. The van der Waals surface area contributed by atoms with Crippen LogP contribution in [0.3, 0.4) is 0 Å². The average molecular weight is 458 g/mol. The first-order valence-corrected chi connectivity index (χ1v) is 12.2. The molecule has 1 saturated heterocycles. The Labute approximate surface area is 185 Å². The zero-order valence-electron chi connectivity index (χ0n) is 17.3. The molecule has 0 unspecified atom stereocenters. The van der Waals surface area contributed by atoms with Gasteiger partial charge in [-0.25, -0.2) is 8.42 Å². The topological polar surface area (TPSA) is 90.6 Å². The van der Waals surface area contributed by atoms with E-state index in [2.05, 4.69) is 4.98 Å². The van der Waals surface area contributed by atoms with Crippen molar-refractivity contribution in [3.8, 4) is 11.3 Å². The van der Waals surface area contributed by atoms with Crippen LogP contribution >= 0.6 is 11.3 Å². The van der Waals surface area contributed by atoms with E-state index in [4.69, 9.17) is 0 Å². The molecule has 0 saturated carbocycles. The van der Waals surface area contributed by atoms with E-state index in [1.54, 1.807) is 19.1 Å². The van der Waals surface area contributed by atoms with Crippen molar-refractivity contribution in [2.24, 2.45) is 0 Å². The van der Waals surface area contributed by atoms with Crippen molar-refractivity contribution in [1.29, 1.82) is 0 Å². The van der Waals surface area contributed by atoms with Gasteiger partial charge in [-0.05, 0) is 37.6 Å². The van der Waals surface area contributed by atoms with Crippen molar-refractivity contribution in [3.05, 3.63) is 74.2 Å². The number of hydrogen-bond donors (Lipinski definition) is 1. The fourth-order valence-corrected chi connectivity index (χ4v) is 6.68. The third kappa shape index (κ3) is 4.21. The molecule has 1 fully saturated rings. The van der Waals surface area contributed by atoms with E-state index in [0.29, 0.717) is 10.6 Å². The number of sulfonamides is 1. The number of aromatic amines is 1. The SMILES string of the molecule is Cc1cc(S(=O)(=O)N2CCN(C(=O)c3ccc(-c4ccccc4)[nH]c3=O)CC2)c(C)s1. The fourth-order valence-electron chi connectivity index (χ4n) is 3.73. The van der Waals surface area contributed by atoms with Gasteiger partial charge in [0.2, 0.25) is 10.0 Å². The number of hydrogen-bond acceptors (Lipinski definition) is 5. The summed E-state index contributed by atoms with van der Waals surface area (Å²) in [6.07, 6.45) is 0. The van der Waals surface area contributed by atoms with Gasteiger partial charge in [-0.3, -0.25) is 9.59 Å². The van der Waals surface area contributed by atoms with Gasteiger partial charge in [-0.1, -0.05) is 30.3 Å². The Morgan fingerprint density at radius 1 is 1.00 bits per heavy atom. The third-order valence-electron chi connectivity index (χ3n) is 5.36. The van der Waals surface area contributed by atoms with Gasteiger partial charge in [0.15, 0.2) is 0 Å². The molecule has 0 spiro atoms. The Kier molecular flexibility index (Phi) is 5.83. The highest BCUT2D eigenvalue weighted by atomic mass is 32.2. The second-order valence-electron chi connectivity index (χ2n) is 7.45. The maximum atomic E-state index is 13.0. The molecule has 1 aliphatic heterocycles. The molecule has 7 nitrogen and oxygen atoms in total. The lowest BCUT2D eigenvalue weighted by atomic mass is 10.1. The standard InChI is InChI=1S/C22H23N3O4S2/c1-15-14-20(16(2)30-15)31(28,29)25-12-10-24(11-13-25)22(27)18-8-9-19(23-21(18)26)17-6-4-3-5-7-17/h3-9,14H,10-13H2,1-2H3,(H,23,26). The summed E-state index contributed by atoms with van der Waals surface area (Å²) in [5.74, 6) is -0.388. The summed E-state index contributed by atoms with van der Waals surface area (Å²) in [5, 5.41) is 0. The van der Waals surface area contributed by atoms with Gasteiger partial charge in [0.05, 0.1) is 4.90 Å². The number of carbonyl (C=O) groups is 1. The number of rotatable bonds is 4. The summed E-state index contributed by atoms with van der Waals surface area (Å²) in [5.41, 5.74) is 1.10. The van der Waals surface area contributed by atoms with Gasteiger partial charge in [0.1, 0.15) is 5.56 Å². The number of benzene rings is 1. The highest BCUT2D eigenvalue weighted by Crippen LogP contribution is 2.28. The molecule has 0 radical (unpaired) electrons. The molecule has 2 aromatic heterocycles. The molecule has 1 N–H and O–H groups in total. The minimum atomic E-state index is -3.59. The van der Waals surface area contributed by atoms with Gasteiger partial charge in [0, 0.05) is 41.6 Å². The molecular weight excluding hydrogens is 434 g/mol. The summed E-state index contributed by atoms with van der Waals surface area (Å²) in [6, 6.07) is 14.3. The summed E-state index contributed by atoms with van der Waals surface area (Å²) in [4.78, 5) is 31.8. The normalized spacial score (nSPS) is 15.2. The van der Waals surface area contributed by atoms with E-state index >= 15 is 0 Å². The molecule has 1 aromatic carbocycles. The van der Waals surface area contributed by atoms with Crippen LogP contribution in [0.1, 0.15) is 20.1 Å². The average Bonchev–Trinajstić information content (AvgIpc) is 3.12. The molecule has 4 rings (SSSR count). The van der Waals surface area contributed by atoms with Gasteiger partial charge >= 0.3 is 0 Å². The first-order valence-electron chi connectivity index (χ1n) is 9.92. The molecule has 1 aliphatic rings. The number of nitrogens with zero attached hydrogens (tertiary/aromatic N) is 2. The Morgan fingerprint density at radius 3 is 2.26 bits per heavy atom. The fraction of sp³-hybridized carbons (Fsp3) is 0.273. The van der Waals surface area contributed by atoms with E-state index < -0.39 is 15.6 Å². The smallest absolute Gasteiger partial charge is 0.261 e. The summed E-state index contributed by atoms with van der Waals surface area (Å²) in [6.45, 7) is 4.55. The molecular formula is C22H23N3O4S2. The summed E-state index contributed by atoms with van der Waals surface area (Å²) < 4.78 is 27.3. The minimum absolute atomic E-state index is 0.0558. The van der Waals surface area contributed by atoms with Crippen LogP contribution in [-0.4, -0.2) is 54.7 Å². The largest absolute Gasteiger partial charge is 0.336 e. The van der Waals surface area contributed by atoms with Crippen LogP contribution in [0.4, 0.5) is 0 Å². The van der Waals surface area contributed by atoms with Crippen molar-refractivity contribution in [3.63, 3.8) is 0 Å². The number of pyridine rings is 1. The van der Waals surface area contributed by atoms with Crippen LogP contribution < -0.4 is 5.56 Å². The Balaban J connectivity index is 1.47. The second-order valence-corrected chi connectivity index (χ2v) is 10.8. The molecule has 1 amide bonds. The predicted molar refractivity (Wildman–Crippen MR) is 121 cm³/mol. The molecule has 0 atom stereocenters. The molecule has 162 valence electrons. The summed E-state index contributed by atoms with van der Waals surface area (Å²) >= 11 is 1.46. The second kappa shape index (κ2) is 8.41. The van der Waals surface area contributed by atoms with Crippen molar-refractivity contribution in [2.75, 3.05) is 26.2 Å². The Bertz CT molecular complexity index is 1270. The Morgan fingerprint density at radius 2 is 1.68 bits per heavy atom. The van der Waals surface area contributed by atoms with Crippen molar-refractivity contribution in [2.45, 2.75) is 18.7 Å². The number of aromatic nitrogens is 1. The lowest BCUT2D eigenvalue weighted by molar-refractivity contribution is 0.0696.